The number of ketones is 1. The van der Waals surface area contributed by atoms with Crippen LogP contribution < -0.4 is 5.73 Å². The number of nitrogens with two attached hydrogens (primary N) is 1. The summed E-state index contributed by atoms with van der Waals surface area (Å²) < 4.78 is 0. The van der Waals surface area contributed by atoms with Crippen LogP contribution in [-0.4, -0.2) is 39.8 Å². The molecule has 0 spiro atoms. The van der Waals surface area contributed by atoms with Gasteiger partial charge in [0.15, 0.2) is 11.8 Å². The third-order valence-corrected chi connectivity index (χ3v) is 5.94. The maximum absolute atomic E-state index is 12.4. The molecule has 0 aliphatic rings. The summed E-state index contributed by atoms with van der Waals surface area (Å²) in [6.07, 6.45) is 17.0. The van der Waals surface area contributed by atoms with Crippen molar-refractivity contribution >= 4 is 24.0 Å². The standard InChI is InChI=1S/C24H43NO6/c1-2-3-4-5-6-7-8-9-10-11-12-13-14-15-16-17-21(27)20(18-22(28)29)24(25,19-26)23(30)31/h19-20H,2-18,25H2,1H3,(H,28,29)(H,30,31). The Morgan fingerprint density at radius 3 is 1.48 bits per heavy atom. The highest BCUT2D eigenvalue weighted by molar-refractivity contribution is 6.04. The molecule has 0 aromatic carbocycles. The average Bonchev–Trinajstić information content (AvgIpc) is 2.73. The molecule has 4 N–H and O–H groups in total. The molecule has 0 aromatic heterocycles. The highest BCUT2D eigenvalue weighted by Gasteiger charge is 2.47. The smallest absolute Gasteiger partial charge is 0.331 e. The van der Waals surface area contributed by atoms with Crippen LogP contribution >= 0.6 is 0 Å². The topological polar surface area (TPSA) is 135 Å². The van der Waals surface area contributed by atoms with Crippen molar-refractivity contribution in [3.8, 4) is 0 Å². The monoisotopic (exact) mass is 441 g/mol. The van der Waals surface area contributed by atoms with Crippen LogP contribution in [-0.2, 0) is 19.2 Å². The number of aliphatic carboxylic acids is 2. The lowest BCUT2D eigenvalue weighted by atomic mass is 9.79. The number of hydrogen-bond acceptors (Lipinski definition) is 5. The minimum atomic E-state index is -2.50. The van der Waals surface area contributed by atoms with Crippen LogP contribution in [0.5, 0.6) is 0 Å². The Kier molecular flexibility index (Phi) is 16.9. The van der Waals surface area contributed by atoms with E-state index in [1.54, 1.807) is 0 Å². The molecule has 0 bridgehead atoms. The Morgan fingerprint density at radius 1 is 0.774 bits per heavy atom. The molecule has 0 amide bonds. The summed E-state index contributed by atoms with van der Waals surface area (Å²) in [7, 11) is 0. The summed E-state index contributed by atoms with van der Waals surface area (Å²) in [6.45, 7) is 2.24. The van der Waals surface area contributed by atoms with E-state index in [1.807, 2.05) is 0 Å². The zero-order valence-corrected chi connectivity index (χ0v) is 19.3. The van der Waals surface area contributed by atoms with Crippen LogP contribution in [0.15, 0.2) is 0 Å². The van der Waals surface area contributed by atoms with E-state index in [4.69, 9.17) is 15.9 Å². The fourth-order valence-electron chi connectivity index (χ4n) is 3.85. The lowest BCUT2D eigenvalue weighted by molar-refractivity contribution is -0.153. The van der Waals surface area contributed by atoms with Crippen LogP contribution in [0.2, 0.25) is 0 Å². The van der Waals surface area contributed by atoms with Gasteiger partial charge in [-0.05, 0) is 6.42 Å². The second kappa shape index (κ2) is 17.9. The van der Waals surface area contributed by atoms with Crippen molar-refractivity contribution in [3.63, 3.8) is 0 Å². The maximum Gasteiger partial charge on any atom is 0.331 e. The van der Waals surface area contributed by atoms with Crippen LogP contribution in [0.3, 0.4) is 0 Å². The number of carbonyl (C=O) groups is 4. The normalized spacial score (nSPS) is 14.0. The minimum absolute atomic E-state index is 0.0344. The van der Waals surface area contributed by atoms with E-state index >= 15 is 0 Å². The van der Waals surface area contributed by atoms with E-state index < -0.39 is 35.6 Å². The molecule has 2 atom stereocenters. The number of Topliss-reactive ketones (excluding diaryl/α,β-unsaturated/α-hetero) is 1. The summed E-state index contributed by atoms with van der Waals surface area (Å²) in [5.41, 5.74) is 3.04. The van der Waals surface area contributed by atoms with E-state index in [-0.39, 0.29) is 12.7 Å². The number of aldehydes is 1. The largest absolute Gasteiger partial charge is 0.481 e. The van der Waals surface area contributed by atoms with Crippen LogP contribution in [0, 0.1) is 5.92 Å². The summed E-state index contributed by atoms with van der Waals surface area (Å²) in [5, 5.41) is 18.1. The number of unbranched alkanes of at least 4 members (excludes halogenated alkanes) is 14. The summed E-state index contributed by atoms with van der Waals surface area (Å²) >= 11 is 0. The molecule has 0 heterocycles. The highest BCUT2D eigenvalue weighted by Crippen LogP contribution is 2.22. The van der Waals surface area contributed by atoms with Crippen molar-refractivity contribution in [2.24, 2.45) is 11.7 Å². The van der Waals surface area contributed by atoms with Gasteiger partial charge in [0, 0.05) is 6.42 Å². The van der Waals surface area contributed by atoms with E-state index in [2.05, 4.69) is 6.92 Å². The predicted molar refractivity (Wildman–Crippen MR) is 121 cm³/mol. The van der Waals surface area contributed by atoms with E-state index in [9.17, 15) is 19.2 Å². The third kappa shape index (κ3) is 13.3. The number of carboxylic acids is 2. The first-order valence-electron chi connectivity index (χ1n) is 12.0. The number of carboxylic acid groups (broad SMARTS) is 2. The zero-order chi connectivity index (χ0) is 23.5. The van der Waals surface area contributed by atoms with Gasteiger partial charge in [0.25, 0.3) is 0 Å². The first kappa shape index (κ1) is 29.2. The van der Waals surface area contributed by atoms with E-state index in [0.29, 0.717) is 6.42 Å². The fourth-order valence-corrected chi connectivity index (χ4v) is 3.85. The van der Waals surface area contributed by atoms with Gasteiger partial charge < -0.3 is 20.7 Å². The number of carbonyl (C=O) groups excluding carboxylic acids is 2. The molecule has 0 aliphatic carbocycles. The quantitative estimate of drug-likeness (QED) is 0.124. The Morgan fingerprint density at radius 2 is 1.16 bits per heavy atom. The van der Waals surface area contributed by atoms with E-state index in [0.717, 1.165) is 19.3 Å². The SMILES string of the molecule is CCCCCCCCCCCCCCCCCC(=O)C(CC(=O)O)C(N)(C=O)C(=O)O. The molecule has 7 heteroatoms. The van der Waals surface area contributed by atoms with Crippen LogP contribution in [0.25, 0.3) is 0 Å². The number of hydrogen-bond donors (Lipinski definition) is 3. The van der Waals surface area contributed by atoms with Gasteiger partial charge in [0.2, 0.25) is 0 Å². The lowest BCUT2D eigenvalue weighted by Gasteiger charge is -2.26. The van der Waals surface area contributed by atoms with Gasteiger partial charge in [-0.15, -0.1) is 0 Å². The van der Waals surface area contributed by atoms with Crippen molar-refractivity contribution in [3.05, 3.63) is 0 Å². The fraction of sp³-hybridized carbons (Fsp3) is 0.833. The molecule has 0 radical (unpaired) electrons. The van der Waals surface area contributed by atoms with Crippen molar-refractivity contribution in [2.75, 3.05) is 0 Å². The van der Waals surface area contributed by atoms with Gasteiger partial charge in [-0.25, -0.2) is 4.79 Å². The first-order chi connectivity index (χ1) is 14.8. The molecule has 0 aliphatic heterocycles. The van der Waals surface area contributed by atoms with Crippen LogP contribution in [0.4, 0.5) is 0 Å². The summed E-state index contributed by atoms with van der Waals surface area (Å²) in [5.74, 6) is -5.16. The second-order valence-corrected chi connectivity index (χ2v) is 8.67. The molecule has 0 saturated carbocycles. The Hall–Kier alpha value is -1.76. The van der Waals surface area contributed by atoms with Crippen molar-refractivity contribution < 1.29 is 29.4 Å². The van der Waals surface area contributed by atoms with Crippen LogP contribution in [0.1, 0.15) is 116 Å². The zero-order valence-electron chi connectivity index (χ0n) is 19.3. The molecule has 7 nitrogen and oxygen atoms in total. The van der Waals surface area contributed by atoms with Crippen molar-refractivity contribution in [1.29, 1.82) is 0 Å². The highest BCUT2D eigenvalue weighted by atomic mass is 16.4. The molecule has 0 rings (SSSR count). The Balaban J connectivity index is 3.89. The molecule has 180 valence electrons. The van der Waals surface area contributed by atoms with Gasteiger partial charge in [0.05, 0.1) is 12.3 Å². The molecule has 0 fully saturated rings. The van der Waals surface area contributed by atoms with Gasteiger partial charge in [-0.1, -0.05) is 96.8 Å². The number of rotatable bonds is 22. The molecular weight excluding hydrogens is 398 g/mol. The van der Waals surface area contributed by atoms with Gasteiger partial charge in [-0.3, -0.25) is 9.59 Å². The van der Waals surface area contributed by atoms with Gasteiger partial charge in [-0.2, -0.15) is 0 Å². The lowest BCUT2D eigenvalue weighted by Crippen LogP contribution is -2.58. The molecule has 2 unspecified atom stereocenters. The van der Waals surface area contributed by atoms with Crippen molar-refractivity contribution in [2.45, 2.75) is 122 Å². The Bertz CT molecular complexity index is 536. The van der Waals surface area contributed by atoms with Gasteiger partial charge >= 0.3 is 11.9 Å². The molecule has 31 heavy (non-hydrogen) atoms. The predicted octanol–water partition coefficient (Wildman–Crippen LogP) is 4.89. The summed E-state index contributed by atoms with van der Waals surface area (Å²) in [6, 6.07) is 0. The minimum Gasteiger partial charge on any atom is -0.481 e. The molecule has 0 aromatic rings. The average molecular weight is 442 g/mol. The molecular formula is C24H43NO6. The maximum atomic E-state index is 12.4. The third-order valence-electron chi connectivity index (χ3n) is 5.94. The van der Waals surface area contributed by atoms with Crippen molar-refractivity contribution in [1.82, 2.24) is 0 Å². The second-order valence-electron chi connectivity index (χ2n) is 8.67. The first-order valence-corrected chi connectivity index (χ1v) is 12.0. The summed E-state index contributed by atoms with van der Waals surface area (Å²) in [4.78, 5) is 45.8. The Labute approximate surface area is 187 Å². The van der Waals surface area contributed by atoms with E-state index in [1.165, 1.54) is 70.6 Å². The van der Waals surface area contributed by atoms with Gasteiger partial charge in [0.1, 0.15) is 5.78 Å². The molecule has 0 saturated heterocycles.